The molecule has 0 aromatic carbocycles. The van der Waals surface area contributed by atoms with Crippen molar-refractivity contribution in [1.82, 2.24) is 19.8 Å². The van der Waals surface area contributed by atoms with Crippen molar-refractivity contribution in [3.8, 4) is 0 Å². The number of carbonyl (C=O) groups is 1. The van der Waals surface area contributed by atoms with Crippen molar-refractivity contribution < 1.29 is 4.79 Å². The first kappa shape index (κ1) is 20.8. The second-order valence-electron chi connectivity index (χ2n) is 8.60. The van der Waals surface area contributed by atoms with Crippen LogP contribution in [-0.2, 0) is 6.54 Å². The van der Waals surface area contributed by atoms with Gasteiger partial charge in [0, 0.05) is 64.4 Å². The molecular formula is C24H33N5O. The SMILES string of the molecule is CN(Cc1cccnc1)c1ccc(C(=O)N2CCCN(C3CCCCC3)CC2)cn1. The molecule has 30 heavy (non-hydrogen) atoms. The van der Waals surface area contributed by atoms with Gasteiger partial charge in [-0.2, -0.15) is 0 Å². The molecule has 1 aliphatic carbocycles. The van der Waals surface area contributed by atoms with E-state index in [4.69, 9.17) is 0 Å². The zero-order chi connectivity index (χ0) is 20.8. The van der Waals surface area contributed by atoms with E-state index in [1.165, 1.54) is 32.1 Å². The molecule has 0 spiro atoms. The van der Waals surface area contributed by atoms with Crippen LogP contribution < -0.4 is 4.90 Å². The fourth-order valence-corrected chi connectivity index (χ4v) is 4.72. The Bertz CT molecular complexity index is 804. The molecule has 6 heteroatoms. The molecule has 3 heterocycles. The fraction of sp³-hybridized carbons (Fsp3) is 0.542. The third-order valence-electron chi connectivity index (χ3n) is 6.44. The van der Waals surface area contributed by atoms with Crippen molar-refractivity contribution in [3.63, 3.8) is 0 Å². The summed E-state index contributed by atoms with van der Waals surface area (Å²) < 4.78 is 0. The van der Waals surface area contributed by atoms with E-state index in [-0.39, 0.29) is 5.91 Å². The number of anilines is 1. The van der Waals surface area contributed by atoms with Crippen molar-refractivity contribution in [1.29, 1.82) is 0 Å². The Morgan fingerprint density at radius 3 is 2.63 bits per heavy atom. The van der Waals surface area contributed by atoms with E-state index < -0.39 is 0 Å². The average molecular weight is 408 g/mol. The first-order valence-corrected chi connectivity index (χ1v) is 11.3. The summed E-state index contributed by atoms with van der Waals surface area (Å²) in [6.45, 7) is 4.50. The van der Waals surface area contributed by atoms with Crippen LogP contribution in [0.4, 0.5) is 5.82 Å². The zero-order valence-corrected chi connectivity index (χ0v) is 18.0. The van der Waals surface area contributed by atoms with Gasteiger partial charge in [0.2, 0.25) is 0 Å². The summed E-state index contributed by atoms with van der Waals surface area (Å²) in [5.41, 5.74) is 1.81. The lowest BCUT2D eigenvalue weighted by Gasteiger charge is -2.33. The van der Waals surface area contributed by atoms with Gasteiger partial charge in [0.1, 0.15) is 5.82 Å². The van der Waals surface area contributed by atoms with Crippen LogP contribution in [0.1, 0.15) is 54.4 Å². The molecule has 0 unspecified atom stereocenters. The number of carbonyl (C=O) groups excluding carboxylic acids is 1. The van der Waals surface area contributed by atoms with Crippen molar-refractivity contribution in [2.24, 2.45) is 0 Å². The smallest absolute Gasteiger partial charge is 0.255 e. The first-order chi connectivity index (χ1) is 14.7. The van der Waals surface area contributed by atoms with Crippen molar-refractivity contribution in [2.75, 3.05) is 38.1 Å². The molecule has 6 nitrogen and oxygen atoms in total. The highest BCUT2D eigenvalue weighted by Crippen LogP contribution is 2.24. The second kappa shape index (κ2) is 10.0. The van der Waals surface area contributed by atoms with Gasteiger partial charge in [0.25, 0.3) is 5.91 Å². The van der Waals surface area contributed by atoms with E-state index in [1.807, 2.05) is 36.3 Å². The van der Waals surface area contributed by atoms with Crippen LogP contribution in [0.2, 0.25) is 0 Å². The molecule has 0 atom stereocenters. The van der Waals surface area contributed by atoms with Gasteiger partial charge in [0.05, 0.1) is 5.56 Å². The number of pyridine rings is 2. The molecule has 4 rings (SSSR count). The van der Waals surface area contributed by atoms with Gasteiger partial charge in [0.15, 0.2) is 0 Å². The second-order valence-corrected chi connectivity index (χ2v) is 8.60. The van der Waals surface area contributed by atoms with Crippen LogP contribution in [-0.4, -0.2) is 64.9 Å². The van der Waals surface area contributed by atoms with E-state index in [9.17, 15) is 4.79 Å². The molecule has 0 radical (unpaired) electrons. The Kier molecular flexibility index (Phi) is 6.95. The summed E-state index contributed by atoms with van der Waals surface area (Å²) in [6, 6.07) is 8.57. The minimum Gasteiger partial charge on any atom is -0.355 e. The zero-order valence-electron chi connectivity index (χ0n) is 18.0. The molecule has 2 fully saturated rings. The summed E-state index contributed by atoms with van der Waals surface area (Å²) in [4.78, 5) is 28.5. The highest BCUT2D eigenvalue weighted by Gasteiger charge is 2.25. The summed E-state index contributed by atoms with van der Waals surface area (Å²) in [7, 11) is 2.01. The lowest BCUT2D eigenvalue weighted by Crippen LogP contribution is -2.40. The lowest BCUT2D eigenvalue weighted by atomic mass is 9.94. The van der Waals surface area contributed by atoms with Crippen LogP contribution in [0.5, 0.6) is 0 Å². The summed E-state index contributed by atoms with van der Waals surface area (Å²) in [6.07, 6.45) is 13.2. The Labute approximate surface area is 179 Å². The van der Waals surface area contributed by atoms with Crippen LogP contribution in [0.15, 0.2) is 42.9 Å². The molecule has 1 aliphatic heterocycles. The maximum absolute atomic E-state index is 13.1. The minimum absolute atomic E-state index is 0.106. The fourth-order valence-electron chi connectivity index (χ4n) is 4.72. The molecule has 2 aromatic heterocycles. The summed E-state index contributed by atoms with van der Waals surface area (Å²) in [5.74, 6) is 0.962. The molecular weight excluding hydrogens is 374 g/mol. The number of rotatable bonds is 5. The number of nitrogens with zero attached hydrogens (tertiary/aromatic N) is 5. The minimum atomic E-state index is 0.106. The Morgan fingerprint density at radius 1 is 1.03 bits per heavy atom. The van der Waals surface area contributed by atoms with Crippen molar-refractivity contribution >= 4 is 11.7 Å². The molecule has 1 saturated carbocycles. The highest BCUT2D eigenvalue weighted by atomic mass is 16.2. The van der Waals surface area contributed by atoms with E-state index in [0.29, 0.717) is 5.56 Å². The van der Waals surface area contributed by atoms with Gasteiger partial charge < -0.3 is 9.80 Å². The molecule has 2 aromatic rings. The molecule has 0 N–H and O–H groups in total. The lowest BCUT2D eigenvalue weighted by molar-refractivity contribution is 0.0754. The van der Waals surface area contributed by atoms with Crippen LogP contribution in [0.25, 0.3) is 0 Å². The summed E-state index contributed by atoms with van der Waals surface area (Å²) in [5, 5.41) is 0. The maximum atomic E-state index is 13.1. The third-order valence-corrected chi connectivity index (χ3v) is 6.44. The van der Waals surface area contributed by atoms with Gasteiger partial charge in [-0.25, -0.2) is 4.98 Å². The molecule has 1 saturated heterocycles. The third kappa shape index (κ3) is 5.17. The normalized spacial score (nSPS) is 18.8. The van der Waals surface area contributed by atoms with Gasteiger partial charge in [-0.05, 0) is 43.0 Å². The topological polar surface area (TPSA) is 52.6 Å². The van der Waals surface area contributed by atoms with Crippen molar-refractivity contribution in [3.05, 3.63) is 54.0 Å². The van der Waals surface area contributed by atoms with E-state index in [0.717, 1.165) is 56.6 Å². The number of amides is 1. The molecule has 0 bridgehead atoms. The van der Waals surface area contributed by atoms with E-state index in [2.05, 4.69) is 25.8 Å². The Balaban J connectivity index is 1.34. The molecule has 1 amide bonds. The first-order valence-electron chi connectivity index (χ1n) is 11.3. The monoisotopic (exact) mass is 407 g/mol. The van der Waals surface area contributed by atoms with Crippen LogP contribution >= 0.6 is 0 Å². The van der Waals surface area contributed by atoms with Gasteiger partial charge in [-0.1, -0.05) is 25.3 Å². The van der Waals surface area contributed by atoms with Crippen LogP contribution in [0.3, 0.4) is 0 Å². The number of aromatic nitrogens is 2. The van der Waals surface area contributed by atoms with E-state index >= 15 is 0 Å². The summed E-state index contributed by atoms with van der Waals surface area (Å²) >= 11 is 0. The number of hydrogen-bond donors (Lipinski definition) is 0. The van der Waals surface area contributed by atoms with E-state index in [1.54, 1.807) is 12.4 Å². The number of hydrogen-bond acceptors (Lipinski definition) is 5. The van der Waals surface area contributed by atoms with Gasteiger partial charge >= 0.3 is 0 Å². The Morgan fingerprint density at radius 2 is 1.90 bits per heavy atom. The van der Waals surface area contributed by atoms with Gasteiger partial charge in [-0.15, -0.1) is 0 Å². The molecule has 160 valence electrons. The maximum Gasteiger partial charge on any atom is 0.255 e. The average Bonchev–Trinajstić information content (AvgIpc) is 3.06. The predicted molar refractivity (Wildman–Crippen MR) is 120 cm³/mol. The van der Waals surface area contributed by atoms with Crippen LogP contribution in [0, 0.1) is 0 Å². The highest BCUT2D eigenvalue weighted by molar-refractivity contribution is 5.94. The predicted octanol–water partition coefficient (Wildman–Crippen LogP) is 3.59. The quantitative estimate of drug-likeness (QED) is 0.758. The molecule has 2 aliphatic rings. The largest absolute Gasteiger partial charge is 0.355 e. The Hall–Kier alpha value is -2.47. The van der Waals surface area contributed by atoms with Crippen molar-refractivity contribution in [2.45, 2.75) is 51.1 Å². The van der Waals surface area contributed by atoms with Gasteiger partial charge in [-0.3, -0.25) is 14.7 Å². The standard InChI is InChI=1S/C24H33N5O/c1-27(19-20-7-5-12-25-17-20)23-11-10-21(18-26-23)24(30)29-14-6-13-28(15-16-29)22-8-3-2-4-9-22/h5,7,10-12,17-18,22H,2-4,6,8-9,13-16,19H2,1H3.